The van der Waals surface area contributed by atoms with Gasteiger partial charge in [-0.15, -0.1) is 11.3 Å². The van der Waals surface area contributed by atoms with Crippen molar-refractivity contribution in [2.24, 2.45) is 5.92 Å². The van der Waals surface area contributed by atoms with Crippen molar-refractivity contribution in [1.29, 1.82) is 0 Å². The van der Waals surface area contributed by atoms with E-state index in [1.165, 1.54) is 12.0 Å². The molecule has 0 radical (unpaired) electrons. The van der Waals surface area contributed by atoms with Crippen molar-refractivity contribution in [3.63, 3.8) is 0 Å². The monoisotopic (exact) mass is 440 g/mol. The number of aromatic nitrogens is 2. The van der Waals surface area contributed by atoms with E-state index < -0.39 is 0 Å². The molecule has 0 aliphatic heterocycles. The fraction of sp³-hybridized carbons (Fsp3) is 0.318. The Balaban J connectivity index is 1.42. The van der Waals surface area contributed by atoms with Gasteiger partial charge in [0.15, 0.2) is 5.11 Å². The fourth-order valence-corrected chi connectivity index (χ4v) is 5.32. The highest BCUT2D eigenvalue weighted by molar-refractivity contribution is 7.80. The third-order valence-electron chi connectivity index (χ3n) is 5.29. The number of carbonyl (C=O) groups is 1. The standard InChI is InChI=1S/C22H24N4O2S2/c1-14-4-9-17-18(12-14)30-20(19(17)21(27)28-2)25-22(29)23-13-15-5-7-16(8-6-15)26-11-3-10-24-26/h3,5-8,10-11,14H,4,9,12-13H2,1-2H3,(H2,23,25,29). The average Bonchev–Trinajstić information content (AvgIpc) is 3.40. The van der Waals surface area contributed by atoms with Crippen LogP contribution in [0.2, 0.25) is 0 Å². The molecule has 0 spiro atoms. The molecule has 0 saturated carbocycles. The van der Waals surface area contributed by atoms with Crippen molar-refractivity contribution in [3.05, 3.63) is 64.3 Å². The van der Waals surface area contributed by atoms with Crippen LogP contribution in [0.25, 0.3) is 5.69 Å². The Labute approximate surface area is 185 Å². The first-order valence-corrected chi connectivity index (χ1v) is 11.1. The molecule has 1 aromatic carbocycles. The maximum Gasteiger partial charge on any atom is 0.341 e. The third kappa shape index (κ3) is 4.39. The summed E-state index contributed by atoms with van der Waals surface area (Å²) in [6, 6.07) is 10.0. The van der Waals surface area contributed by atoms with E-state index in [9.17, 15) is 4.79 Å². The fourth-order valence-electron chi connectivity index (χ4n) is 3.67. The topological polar surface area (TPSA) is 68.2 Å². The lowest BCUT2D eigenvalue weighted by molar-refractivity contribution is 0.0601. The predicted octanol–water partition coefficient (Wildman–Crippen LogP) is 4.33. The summed E-state index contributed by atoms with van der Waals surface area (Å²) in [5.74, 6) is 0.325. The van der Waals surface area contributed by atoms with Gasteiger partial charge in [0, 0.05) is 23.8 Å². The summed E-state index contributed by atoms with van der Waals surface area (Å²) in [5.41, 5.74) is 3.86. The second-order valence-corrected chi connectivity index (χ2v) is 8.99. The van der Waals surface area contributed by atoms with Gasteiger partial charge in [-0.05, 0) is 66.7 Å². The second-order valence-electron chi connectivity index (χ2n) is 7.47. The lowest BCUT2D eigenvalue weighted by atomic mass is 9.88. The molecule has 6 nitrogen and oxygen atoms in total. The highest BCUT2D eigenvalue weighted by Gasteiger charge is 2.28. The van der Waals surface area contributed by atoms with Gasteiger partial charge in [0.25, 0.3) is 0 Å². The number of hydrogen-bond acceptors (Lipinski definition) is 5. The van der Waals surface area contributed by atoms with Gasteiger partial charge < -0.3 is 15.4 Å². The zero-order valence-electron chi connectivity index (χ0n) is 17.0. The van der Waals surface area contributed by atoms with Crippen LogP contribution in [0.1, 0.15) is 39.7 Å². The quantitative estimate of drug-likeness (QED) is 0.455. The number of rotatable bonds is 5. The van der Waals surface area contributed by atoms with Crippen molar-refractivity contribution in [2.75, 3.05) is 12.4 Å². The number of methoxy groups -OCH3 is 1. The van der Waals surface area contributed by atoms with Crippen LogP contribution in [0.15, 0.2) is 42.7 Å². The number of thiocarbonyl (C=S) groups is 1. The number of carbonyl (C=O) groups excluding carboxylic acids is 1. The van der Waals surface area contributed by atoms with Crippen LogP contribution in [0.3, 0.4) is 0 Å². The maximum absolute atomic E-state index is 12.4. The highest BCUT2D eigenvalue weighted by atomic mass is 32.1. The van der Waals surface area contributed by atoms with Gasteiger partial charge in [-0.2, -0.15) is 5.10 Å². The molecule has 8 heteroatoms. The number of benzene rings is 1. The molecule has 4 rings (SSSR count). The van der Waals surface area contributed by atoms with Crippen LogP contribution in [0.4, 0.5) is 5.00 Å². The van der Waals surface area contributed by atoms with Crippen molar-refractivity contribution in [2.45, 2.75) is 32.7 Å². The van der Waals surface area contributed by atoms with Gasteiger partial charge in [0.2, 0.25) is 0 Å². The number of thiophene rings is 1. The maximum atomic E-state index is 12.4. The minimum atomic E-state index is -0.304. The van der Waals surface area contributed by atoms with Gasteiger partial charge >= 0.3 is 5.97 Å². The molecule has 3 aromatic rings. The molecule has 1 unspecified atom stereocenters. The Hall–Kier alpha value is -2.71. The Kier molecular flexibility index (Phi) is 6.15. The number of nitrogens with zero attached hydrogens (tertiary/aromatic N) is 2. The molecule has 0 saturated heterocycles. The minimum absolute atomic E-state index is 0.304. The van der Waals surface area contributed by atoms with Gasteiger partial charge in [-0.1, -0.05) is 19.1 Å². The molecule has 30 heavy (non-hydrogen) atoms. The molecule has 1 aliphatic carbocycles. The molecule has 2 aromatic heterocycles. The first kappa shape index (κ1) is 20.6. The Morgan fingerprint density at radius 1 is 1.37 bits per heavy atom. The molecule has 0 fully saturated rings. The lowest BCUT2D eigenvalue weighted by Crippen LogP contribution is -2.28. The normalized spacial score (nSPS) is 15.3. The third-order valence-corrected chi connectivity index (χ3v) is 6.70. The van der Waals surface area contributed by atoms with Crippen LogP contribution in [-0.4, -0.2) is 28.0 Å². The molecule has 0 bridgehead atoms. The Bertz CT molecular complexity index is 1040. The van der Waals surface area contributed by atoms with Crippen LogP contribution in [0.5, 0.6) is 0 Å². The SMILES string of the molecule is COC(=O)c1c(NC(=S)NCc2ccc(-n3cccn3)cc2)sc2c1CCC(C)C2. The smallest absolute Gasteiger partial charge is 0.341 e. The summed E-state index contributed by atoms with van der Waals surface area (Å²) in [7, 11) is 1.42. The number of nitrogens with one attached hydrogen (secondary N) is 2. The summed E-state index contributed by atoms with van der Waals surface area (Å²) >= 11 is 7.10. The van der Waals surface area contributed by atoms with E-state index in [1.54, 1.807) is 17.5 Å². The Morgan fingerprint density at radius 3 is 2.87 bits per heavy atom. The minimum Gasteiger partial charge on any atom is -0.465 e. The summed E-state index contributed by atoms with van der Waals surface area (Å²) < 4.78 is 6.85. The van der Waals surface area contributed by atoms with Crippen LogP contribution < -0.4 is 10.6 Å². The Morgan fingerprint density at radius 2 is 2.17 bits per heavy atom. The number of esters is 1. The van der Waals surface area contributed by atoms with Crippen LogP contribution >= 0.6 is 23.6 Å². The van der Waals surface area contributed by atoms with Crippen LogP contribution in [-0.2, 0) is 24.1 Å². The first-order valence-electron chi connectivity index (χ1n) is 9.91. The number of hydrogen-bond donors (Lipinski definition) is 2. The van der Waals surface area contributed by atoms with E-state index in [1.807, 2.05) is 41.2 Å². The van der Waals surface area contributed by atoms with Crippen molar-refractivity contribution in [1.82, 2.24) is 15.1 Å². The zero-order valence-corrected chi connectivity index (χ0v) is 18.6. The van der Waals surface area contributed by atoms with Crippen LogP contribution in [0, 0.1) is 5.92 Å². The van der Waals surface area contributed by atoms with Crippen molar-refractivity contribution in [3.8, 4) is 5.69 Å². The molecule has 2 N–H and O–H groups in total. The van der Waals surface area contributed by atoms with E-state index in [0.29, 0.717) is 23.1 Å². The molecular formula is C22H24N4O2S2. The summed E-state index contributed by atoms with van der Waals surface area (Å²) in [5, 5.41) is 11.9. The molecule has 0 amide bonds. The lowest BCUT2D eigenvalue weighted by Gasteiger charge is -2.18. The zero-order chi connectivity index (χ0) is 21.1. The molecular weight excluding hydrogens is 416 g/mol. The first-order chi connectivity index (χ1) is 14.5. The number of fused-ring (bicyclic) bond motifs is 1. The second kappa shape index (κ2) is 8.97. The summed E-state index contributed by atoms with van der Waals surface area (Å²) in [6.07, 6.45) is 6.65. The van der Waals surface area contributed by atoms with Crippen molar-refractivity contribution < 1.29 is 9.53 Å². The van der Waals surface area contributed by atoms with E-state index in [4.69, 9.17) is 17.0 Å². The summed E-state index contributed by atoms with van der Waals surface area (Å²) in [4.78, 5) is 13.7. The highest BCUT2D eigenvalue weighted by Crippen LogP contribution is 2.40. The molecule has 1 atom stereocenters. The molecule has 2 heterocycles. The number of anilines is 1. The van der Waals surface area contributed by atoms with Gasteiger partial charge in [0.05, 0.1) is 18.4 Å². The van der Waals surface area contributed by atoms with E-state index in [2.05, 4.69) is 22.7 Å². The summed E-state index contributed by atoms with van der Waals surface area (Å²) in [6.45, 7) is 2.83. The molecule has 1 aliphatic rings. The molecule has 156 valence electrons. The predicted molar refractivity (Wildman–Crippen MR) is 123 cm³/mol. The van der Waals surface area contributed by atoms with Gasteiger partial charge in [-0.25, -0.2) is 9.48 Å². The van der Waals surface area contributed by atoms with E-state index in [0.717, 1.165) is 41.1 Å². The van der Waals surface area contributed by atoms with E-state index in [-0.39, 0.29) is 5.97 Å². The largest absolute Gasteiger partial charge is 0.465 e. The van der Waals surface area contributed by atoms with Gasteiger partial charge in [0.1, 0.15) is 5.00 Å². The van der Waals surface area contributed by atoms with E-state index >= 15 is 0 Å². The average molecular weight is 441 g/mol. The van der Waals surface area contributed by atoms with Crippen molar-refractivity contribution >= 4 is 39.6 Å². The number of ether oxygens (including phenoxy) is 1. The van der Waals surface area contributed by atoms with Gasteiger partial charge in [-0.3, -0.25) is 0 Å².